The first kappa shape index (κ1) is 12.6. The van der Waals surface area contributed by atoms with Gasteiger partial charge in [0, 0.05) is 18.7 Å². The van der Waals surface area contributed by atoms with Gasteiger partial charge in [-0.2, -0.15) is 0 Å². The van der Waals surface area contributed by atoms with Crippen LogP contribution in [0, 0.1) is 6.92 Å². The summed E-state index contributed by atoms with van der Waals surface area (Å²) in [7, 11) is 0. The molecule has 16 heavy (non-hydrogen) atoms. The van der Waals surface area contributed by atoms with Gasteiger partial charge in [0.05, 0.1) is 5.56 Å². The van der Waals surface area contributed by atoms with E-state index in [0.717, 1.165) is 12.1 Å². The zero-order valence-electron chi connectivity index (χ0n) is 10.1. The number of nitrogens with zero attached hydrogens (tertiary/aromatic N) is 1. The molecule has 1 rings (SSSR count). The number of hydrogen-bond acceptors (Lipinski definition) is 4. The first-order valence-corrected chi connectivity index (χ1v) is 5.54. The molecule has 1 aromatic rings. The summed E-state index contributed by atoms with van der Waals surface area (Å²) in [4.78, 5) is 16.0. The number of aromatic nitrogens is 1. The van der Waals surface area contributed by atoms with Crippen molar-refractivity contribution in [1.29, 1.82) is 0 Å². The Labute approximate surface area is 96.3 Å². The first-order chi connectivity index (χ1) is 7.56. The Bertz CT molecular complexity index is 356. The number of pyridine rings is 1. The van der Waals surface area contributed by atoms with E-state index in [-0.39, 0.29) is 11.8 Å². The van der Waals surface area contributed by atoms with Crippen LogP contribution in [-0.4, -0.2) is 23.4 Å². The monoisotopic (exact) mass is 221 g/mol. The minimum Gasteiger partial charge on any atom is -0.383 e. The highest BCUT2D eigenvalue weighted by molar-refractivity contribution is 6.01. The molecule has 4 nitrogen and oxygen atoms in total. The number of nitrogen functional groups attached to an aromatic ring is 1. The lowest BCUT2D eigenvalue weighted by Crippen LogP contribution is -2.28. The second kappa shape index (κ2) is 5.61. The number of hydrogen-bond donors (Lipinski definition) is 2. The van der Waals surface area contributed by atoms with Crippen LogP contribution in [0.25, 0.3) is 0 Å². The Hall–Kier alpha value is -1.42. The Morgan fingerprint density at radius 2 is 2.31 bits per heavy atom. The van der Waals surface area contributed by atoms with Crippen molar-refractivity contribution in [3.8, 4) is 0 Å². The summed E-state index contributed by atoms with van der Waals surface area (Å²) in [6.07, 6.45) is 2.07. The van der Waals surface area contributed by atoms with Crippen LogP contribution in [0.3, 0.4) is 0 Å². The van der Waals surface area contributed by atoms with Crippen molar-refractivity contribution in [3.05, 3.63) is 23.4 Å². The molecule has 88 valence electrons. The van der Waals surface area contributed by atoms with Crippen LogP contribution < -0.4 is 11.1 Å². The Balaban J connectivity index is 2.80. The average Bonchev–Trinajstić information content (AvgIpc) is 2.17. The van der Waals surface area contributed by atoms with Gasteiger partial charge >= 0.3 is 0 Å². The van der Waals surface area contributed by atoms with E-state index in [1.807, 2.05) is 26.8 Å². The predicted octanol–water partition coefficient (Wildman–Crippen LogP) is 1.54. The molecule has 1 unspecified atom stereocenters. The molecule has 0 amide bonds. The fourth-order valence-corrected chi connectivity index (χ4v) is 1.74. The van der Waals surface area contributed by atoms with Crippen LogP contribution in [0.1, 0.15) is 36.2 Å². The minimum absolute atomic E-state index is 0.0524. The summed E-state index contributed by atoms with van der Waals surface area (Å²) in [5.74, 6) is 0.380. The number of anilines is 1. The Kier molecular flexibility index (Phi) is 4.43. The standard InChI is InChI=1S/C12H19N3O/c1-4-14-9(3)7-10(16)11-8(2)5-6-15-12(11)13/h5-6,9,14H,4,7H2,1-3H3,(H2,13,15). The van der Waals surface area contributed by atoms with E-state index in [2.05, 4.69) is 10.3 Å². The normalized spacial score (nSPS) is 12.4. The Morgan fingerprint density at radius 1 is 1.62 bits per heavy atom. The van der Waals surface area contributed by atoms with E-state index in [1.165, 1.54) is 0 Å². The molecule has 1 atom stereocenters. The van der Waals surface area contributed by atoms with Gasteiger partial charge in [-0.25, -0.2) is 4.98 Å². The number of nitrogens with two attached hydrogens (primary N) is 1. The molecule has 0 bridgehead atoms. The van der Waals surface area contributed by atoms with E-state index in [9.17, 15) is 4.79 Å². The molecule has 3 N–H and O–H groups in total. The summed E-state index contributed by atoms with van der Waals surface area (Å²) < 4.78 is 0. The molecule has 0 spiro atoms. The zero-order chi connectivity index (χ0) is 12.1. The SMILES string of the molecule is CCNC(C)CC(=O)c1c(C)ccnc1N. The van der Waals surface area contributed by atoms with E-state index in [4.69, 9.17) is 5.73 Å². The molecule has 0 radical (unpaired) electrons. The molecule has 0 saturated carbocycles. The van der Waals surface area contributed by atoms with Crippen LogP contribution in [0.15, 0.2) is 12.3 Å². The van der Waals surface area contributed by atoms with Crippen LogP contribution in [-0.2, 0) is 0 Å². The van der Waals surface area contributed by atoms with Gasteiger partial charge in [0.2, 0.25) is 0 Å². The number of rotatable bonds is 5. The molecule has 0 aliphatic heterocycles. The maximum atomic E-state index is 12.0. The van der Waals surface area contributed by atoms with Crippen molar-refractivity contribution < 1.29 is 4.79 Å². The first-order valence-electron chi connectivity index (χ1n) is 5.54. The van der Waals surface area contributed by atoms with Crippen molar-refractivity contribution in [2.45, 2.75) is 33.2 Å². The summed E-state index contributed by atoms with van der Waals surface area (Å²) in [5.41, 5.74) is 7.17. The zero-order valence-corrected chi connectivity index (χ0v) is 10.1. The molecule has 0 aromatic carbocycles. The van der Waals surface area contributed by atoms with E-state index >= 15 is 0 Å². The van der Waals surface area contributed by atoms with Gasteiger partial charge in [0.15, 0.2) is 5.78 Å². The topological polar surface area (TPSA) is 68.0 Å². The Morgan fingerprint density at radius 3 is 2.88 bits per heavy atom. The number of ketones is 1. The van der Waals surface area contributed by atoms with Gasteiger partial charge in [-0.3, -0.25) is 4.79 Å². The van der Waals surface area contributed by atoms with Crippen molar-refractivity contribution >= 4 is 11.6 Å². The molecule has 1 aromatic heterocycles. The van der Waals surface area contributed by atoms with Gasteiger partial charge in [0.25, 0.3) is 0 Å². The lowest BCUT2D eigenvalue weighted by molar-refractivity contribution is 0.0972. The fraction of sp³-hybridized carbons (Fsp3) is 0.500. The molecular weight excluding hydrogens is 202 g/mol. The van der Waals surface area contributed by atoms with E-state index in [1.54, 1.807) is 6.20 Å². The second-order valence-electron chi connectivity index (χ2n) is 3.97. The molecule has 0 aliphatic carbocycles. The van der Waals surface area contributed by atoms with Gasteiger partial charge in [-0.1, -0.05) is 6.92 Å². The molecular formula is C12H19N3O. The number of aryl methyl sites for hydroxylation is 1. The highest BCUT2D eigenvalue weighted by Gasteiger charge is 2.15. The number of carbonyl (C=O) groups excluding carboxylic acids is 1. The second-order valence-corrected chi connectivity index (χ2v) is 3.97. The molecule has 4 heteroatoms. The lowest BCUT2D eigenvalue weighted by Gasteiger charge is -2.13. The van der Waals surface area contributed by atoms with Gasteiger partial charge in [0.1, 0.15) is 5.82 Å². The van der Waals surface area contributed by atoms with Gasteiger partial charge in [-0.05, 0) is 32.0 Å². The summed E-state index contributed by atoms with van der Waals surface area (Å²) in [5, 5.41) is 3.20. The van der Waals surface area contributed by atoms with Crippen LogP contribution in [0.2, 0.25) is 0 Å². The van der Waals surface area contributed by atoms with Crippen LogP contribution in [0.5, 0.6) is 0 Å². The maximum Gasteiger partial charge on any atom is 0.168 e. The fourth-order valence-electron chi connectivity index (χ4n) is 1.74. The van der Waals surface area contributed by atoms with Gasteiger partial charge < -0.3 is 11.1 Å². The van der Waals surface area contributed by atoms with Crippen LogP contribution >= 0.6 is 0 Å². The third-order valence-electron chi connectivity index (χ3n) is 2.51. The summed E-state index contributed by atoms with van der Waals surface area (Å²) in [6, 6.07) is 1.97. The lowest BCUT2D eigenvalue weighted by atomic mass is 10.0. The molecule has 0 saturated heterocycles. The third-order valence-corrected chi connectivity index (χ3v) is 2.51. The van der Waals surface area contributed by atoms with Crippen molar-refractivity contribution in [2.75, 3.05) is 12.3 Å². The molecule has 0 fully saturated rings. The molecule has 0 aliphatic rings. The largest absolute Gasteiger partial charge is 0.383 e. The number of carbonyl (C=O) groups is 1. The smallest absolute Gasteiger partial charge is 0.168 e. The molecule has 1 heterocycles. The predicted molar refractivity (Wildman–Crippen MR) is 65.5 cm³/mol. The number of Topliss-reactive ketones (excluding diaryl/α,β-unsaturated/α-hetero) is 1. The highest BCUT2D eigenvalue weighted by atomic mass is 16.1. The third kappa shape index (κ3) is 3.03. The number of nitrogens with one attached hydrogen (secondary N) is 1. The van der Waals surface area contributed by atoms with Gasteiger partial charge in [-0.15, -0.1) is 0 Å². The average molecular weight is 221 g/mol. The van der Waals surface area contributed by atoms with Crippen molar-refractivity contribution in [3.63, 3.8) is 0 Å². The summed E-state index contributed by atoms with van der Waals surface area (Å²) in [6.45, 7) is 6.74. The van der Waals surface area contributed by atoms with Crippen molar-refractivity contribution in [1.82, 2.24) is 10.3 Å². The minimum atomic E-state index is 0.0524. The van der Waals surface area contributed by atoms with E-state index in [0.29, 0.717) is 17.8 Å². The quantitative estimate of drug-likeness (QED) is 0.740. The van der Waals surface area contributed by atoms with E-state index < -0.39 is 0 Å². The van der Waals surface area contributed by atoms with Crippen LogP contribution in [0.4, 0.5) is 5.82 Å². The summed E-state index contributed by atoms with van der Waals surface area (Å²) >= 11 is 0. The maximum absolute atomic E-state index is 12.0. The van der Waals surface area contributed by atoms with Crippen molar-refractivity contribution in [2.24, 2.45) is 0 Å². The highest BCUT2D eigenvalue weighted by Crippen LogP contribution is 2.16.